The zero-order chi connectivity index (χ0) is 9.97. The summed E-state index contributed by atoms with van der Waals surface area (Å²) in [5.74, 6) is 0. The van der Waals surface area contributed by atoms with E-state index < -0.39 is 0 Å². The molecule has 14 heavy (non-hydrogen) atoms. The fourth-order valence-corrected chi connectivity index (χ4v) is 1.60. The van der Waals surface area contributed by atoms with Crippen molar-refractivity contribution in [3.63, 3.8) is 0 Å². The number of hydrogen-bond acceptors (Lipinski definition) is 1. The molecule has 2 nitrogen and oxygen atoms in total. The lowest BCUT2D eigenvalue weighted by Gasteiger charge is -1.99. The zero-order valence-electron chi connectivity index (χ0n) is 7.37. The Bertz CT molecular complexity index is 514. The van der Waals surface area contributed by atoms with Crippen molar-refractivity contribution in [3.8, 4) is 0 Å². The van der Waals surface area contributed by atoms with Crippen LogP contribution in [0.1, 0.15) is 5.56 Å². The SMILES string of the molecule is [C-]#[N+]c1ccc2cc(CBr)cnc2c1. The van der Waals surface area contributed by atoms with Gasteiger partial charge >= 0.3 is 0 Å². The molecular weight excluding hydrogens is 240 g/mol. The summed E-state index contributed by atoms with van der Waals surface area (Å²) in [5.41, 5.74) is 2.66. The molecule has 1 heterocycles. The van der Waals surface area contributed by atoms with Gasteiger partial charge in [0.05, 0.1) is 12.1 Å². The van der Waals surface area contributed by atoms with Crippen LogP contribution in [0.3, 0.4) is 0 Å². The van der Waals surface area contributed by atoms with Crippen LogP contribution in [0.25, 0.3) is 15.7 Å². The monoisotopic (exact) mass is 246 g/mol. The molecule has 0 saturated heterocycles. The third-order valence-electron chi connectivity index (χ3n) is 2.01. The summed E-state index contributed by atoms with van der Waals surface area (Å²) in [6.07, 6.45) is 1.82. The first-order valence-electron chi connectivity index (χ1n) is 4.15. The molecule has 0 aliphatic rings. The minimum Gasteiger partial charge on any atom is -0.257 e. The first kappa shape index (κ1) is 9.17. The maximum Gasteiger partial charge on any atom is 0.189 e. The largest absolute Gasteiger partial charge is 0.257 e. The third kappa shape index (κ3) is 1.61. The standard InChI is InChI=1S/C11H7BrN2/c1-13-10-3-2-9-4-8(6-12)7-14-11(9)5-10/h2-5,7H,6H2. The second kappa shape index (κ2) is 3.77. The van der Waals surface area contributed by atoms with Crippen LogP contribution in [0.5, 0.6) is 0 Å². The average Bonchev–Trinajstić information content (AvgIpc) is 2.27. The van der Waals surface area contributed by atoms with E-state index >= 15 is 0 Å². The number of benzene rings is 1. The van der Waals surface area contributed by atoms with Gasteiger partial charge in [-0.2, -0.15) is 0 Å². The molecule has 2 rings (SSSR count). The highest BCUT2D eigenvalue weighted by molar-refractivity contribution is 9.08. The highest BCUT2D eigenvalue weighted by Crippen LogP contribution is 2.20. The highest BCUT2D eigenvalue weighted by atomic mass is 79.9. The number of aromatic nitrogens is 1. The average molecular weight is 247 g/mol. The van der Waals surface area contributed by atoms with Gasteiger partial charge in [0, 0.05) is 11.5 Å². The predicted molar refractivity (Wildman–Crippen MR) is 60.6 cm³/mol. The van der Waals surface area contributed by atoms with Crippen LogP contribution in [-0.4, -0.2) is 4.98 Å². The van der Waals surface area contributed by atoms with Gasteiger partial charge in [0.25, 0.3) is 0 Å². The maximum absolute atomic E-state index is 6.89. The minimum atomic E-state index is 0.636. The van der Waals surface area contributed by atoms with Crippen molar-refractivity contribution >= 4 is 32.5 Å². The van der Waals surface area contributed by atoms with Crippen molar-refractivity contribution in [1.82, 2.24) is 4.98 Å². The van der Waals surface area contributed by atoms with E-state index in [2.05, 4.69) is 31.8 Å². The molecule has 0 unspecified atom stereocenters. The summed E-state index contributed by atoms with van der Waals surface area (Å²) in [5, 5.41) is 1.88. The van der Waals surface area contributed by atoms with Gasteiger partial charge < -0.3 is 0 Å². The van der Waals surface area contributed by atoms with E-state index in [-0.39, 0.29) is 0 Å². The lowest BCUT2D eigenvalue weighted by atomic mass is 10.1. The Kier molecular flexibility index (Phi) is 2.47. The molecule has 0 spiro atoms. The zero-order valence-corrected chi connectivity index (χ0v) is 8.95. The first-order valence-corrected chi connectivity index (χ1v) is 5.28. The number of fused-ring (bicyclic) bond motifs is 1. The predicted octanol–water partition coefficient (Wildman–Crippen LogP) is 3.68. The topological polar surface area (TPSA) is 17.2 Å². The number of hydrogen-bond donors (Lipinski definition) is 0. The lowest BCUT2D eigenvalue weighted by Crippen LogP contribution is -1.82. The Balaban J connectivity index is 2.64. The second-order valence-electron chi connectivity index (χ2n) is 2.97. The smallest absolute Gasteiger partial charge is 0.189 e. The molecule has 1 aromatic heterocycles. The van der Waals surface area contributed by atoms with E-state index in [1.807, 2.05) is 18.3 Å². The molecule has 3 heteroatoms. The fraction of sp³-hybridized carbons (Fsp3) is 0.0909. The van der Waals surface area contributed by atoms with E-state index in [0.29, 0.717) is 5.69 Å². The second-order valence-corrected chi connectivity index (χ2v) is 3.53. The van der Waals surface area contributed by atoms with Crippen molar-refractivity contribution in [3.05, 3.63) is 47.4 Å². The van der Waals surface area contributed by atoms with Crippen molar-refractivity contribution in [2.45, 2.75) is 5.33 Å². The Hall–Kier alpha value is -1.40. The molecule has 1 aromatic carbocycles. The van der Waals surface area contributed by atoms with Crippen LogP contribution in [0.4, 0.5) is 5.69 Å². The Labute approximate surface area is 90.5 Å². The molecule has 0 bridgehead atoms. The summed E-state index contributed by atoms with van der Waals surface area (Å²) in [4.78, 5) is 7.65. The molecule has 0 N–H and O–H groups in total. The summed E-state index contributed by atoms with van der Waals surface area (Å²) < 4.78 is 0. The van der Waals surface area contributed by atoms with Crippen LogP contribution in [0.15, 0.2) is 30.5 Å². The molecule has 2 aromatic rings. The molecule has 0 fully saturated rings. The number of rotatable bonds is 1. The van der Waals surface area contributed by atoms with Crippen LogP contribution in [0.2, 0.25) is 0 Å². The molecule has 0 atom stereocenters. The molecule has 0 saturated carbocycles. The number of halogens is 1. The van der Waals surface area contributed by atoms with Crippen LogP contribution < -0.4 is 0 Å². The lowest BCUT2D eigenvalue weighted by molar-refractivity contribution is 1.32. The fourth-order valence-electron chi connectivity index (χ4n) is 1.30. The normalized spacial score (nSPS) is 10.0. The Morgan fingerprint density at radius 3 is 2.93 bits per heavy atom. The van der Waals surface area contributed by atoms with E-state index in [4.69, 9.17) is 6.57 Å². The van der Waals surface area contributed by atoms with Gasteiger partial charge in [0.15, 0.2) is 5.69 Å². The summed E-state index contributed by atoms with van der Waals surface area (Å²) in [6.45, 7) is 6.89. The van der Waals surface area contributed by atoms with Gasteiger partial charge in [-0.3, -0.25) is 4.98 Å². The van der Waals surface area contributed by atoms with Crippen molar-refractivity contribution in [1.29, 1.82) is 0 Å². The van der Waals surface area contributed by atoms with E-state index in [1.165, 1.54) is 0 Å². The molecular formula is C11H7BrN2. The van der Waals surface area contributed by atoms with Crippen LogP contribution >= 0.6 is 15.9 Å². The minimum absolute atomic E-state index is 0.636. The van der Waals surface area contributed by atoms with Gasteiger partial charge in [-0.25, -0.2) is 4.85 Å². The maximum atomic E-state index is 6.89. The number of pyridine rings is 1. The molecule has 68 valence electrons. The van der Waals surface area contributed by atoms with Crippen molar-refractivity contribution < 1.29 is 0 Å². The van der Waals surface area contributed by atoms with Crippen LogP contribution in [0, 0.1) is 6.57 Å². The first-order chi connectivity index (χ1) is 6.83. The van der Waals surface area contributed by atoms with E-state index in [0.717, 1.165) is 21.8 Å². The highest BCUT2D eigenvalue weighted by Gasteiger charge is 1.98. The van der Waals surface area contributed by atoms with E-state index in [1.54, 1.807) is 6.07 Å². The summed E-state index contributed by atoms with van der Waals surface area (Å²) >= 11 is 3.38. The van der Waals surface area contributed by atoms with Gasteiger partial charge in [-0.05, 0) is 23.1 Å². The van der Waals surface area contributed by atoms with Gasteiger partial charge in [0.2, 0.25) is 0 Å². The summed E-state index contributed by atoms with van der Waals surface area (Å²) in [7, 11) is 0. The molecule has 0 aliphatic heterocycles. The number of alkyl halides is 1. The Morgan fingerprint density at radius 1 is 1.36 bits per heavy atom. The molecule has 0 aliphatic carbocycles. The van der Waals surface area contributed by atoms with Crippen molar-refractivity contribution in [2.75, 3.05) is 0 Å². The van der Waals surface area contributed by atoms with Gasteiger partial charge in [-0.1, -0.05) is 28.1 Å². The number of nitrogens with zero attached hydrogens (tertiary/aromatic N) is 2. The third-order valence-corrected chi connectivity index (χ3v) is 2.66. The quantitative estimate of drug-likeness (QED) is 0.555. The summed E-state index contributed by atoms with van der Waals surface area (Å²) in [6, 6.07) is 7.63. The van der Waals surface area contributed by atoms with Crippen LogP contribution in [-0.2, 0) is 5.33 Å². The molecule has 0 radical (unpaired) electrons. The van der Waals surface area contributed by atoms with E-state index in [9.17, 15) is 0 Å². The van der Waals surface area contributed by atoms with Gasteiger partial charge in [-0.15, -0.1) is 0 Å². The Morgan fingerprint density at radius 2 is 2.21 bits per heavy atom. The molecule has 0 amide bonds. The van der Waals surface area contributed by atoms with Gasteiger partial charge in [0.1, 0.15) is 0 Å². The van der Waals surface area contributed by atoms with Crippen molar-refractivity contribution in [2.24, 2.45) is 0 Å².